The Balaban J connectivity index is 1.51. The minimum atomic E-state index is -0.403. The third kappa shape index (κ3) is 3.47. The van der Waals surface area contributed by atoms with Gasteiger partial charge in [-0.3, -0.25) is 14.9 Å². The van der Waals surface area contributed by atoms with Gasteiger partial charge in [-0.15, -0.1) is 0 Å². The number of hydrogen-bond donors (Lipinski definition) is 1. The third-order valence-corrected chi connectivity index (χ3v) is 4.87. The van der Waals surface area contributed by atoms with E-state index in [9.17, 15) is 9.59 Å². The Morgan fingerprint density at radius 2 is 2.11 bits per heavy atom. The summed E-state index contributed by atoms with van der Waals surface area (Å²) < 4.78 is 13.3. The number of carbonyl (C=O) groups excluding carboxylic acids is 1. The molecular formula is C19H15N3O4S. The lowest BCUT2D eigenvalue weighted by atomic mass is 10.3. The average molecular weight is 381 g/mol. The normalized spacial score (nSPS) is 10.9. The van der Waals surface area contributed by atoms with Crippen molar-refractivity contribution >= 4 is 32.6 Å². The van der Waals surface area contributed by atoms with E-state index in [1.807, 2.05) is 18.2 Å². The fraction of sp³-hybridized carbons (Fsp3) is 0.105. The summed E-state index contributed by atoms with van der Waals surface area (Å²) in [7, 11) is 1.58. The van der Waals surface area contributed by atoms with Crippen molar-refractivity contribution in [3.8, 4) is 5.75 Å². The van der Waals surface area contributed by atoms with Crippen molar-refractivity contribution < 1.29 is 13.9 Å². The molecule has 7 nitrogen and oxygen atoms in total. The summed E-state index contributed by atoms with van der Waals surface area (Å²) in [4.78, 5) is 28.6. The number of amides is 1. The molecule has 1 amide bonds. The molecule has 0 fully saturated rings. The van der Waals surface area contributed by atoms with Gasteiger partial charge in [-0.2, -0.15) is 0 Å². The Hall–Kier alpha value is -3.39. The molecule has 0 aliphatic rings. The number of nitrogens with one attached hydrogen (secondary N) is 1. The first kappa shape index (κ1) is 17.0. The smallest absolute Gasteiger partial charge is 0.293 e. The fourth-order valence-electron chi connectivity index (χ4n) is 2.64. The SMILES string of the molecule is COc1cccc2sc(NC(=O)c3ccc(Cn4ccccc4=O)o3)nc12. The van der Waals surface area contributed by atoms with E-state index >= 15 is 0 Å². The van der Waals surface area contributed by atoms with Gasteiger partial charge in [-0.05, 0) is 30.3 Å². The number of para-hydroxylation sites is 1. The number of rotatable bonds is 5. The molecule has 0 atom stereocenters. The predicted molar refractivity (Wildman–Crippen MR) is 103 cm³/mol. The molecule has 0 spiro atoms. The molecule has 1 aromatic carbocycles. The predicted octanol–water partition coefficient (Wildman–Crippen LogP) is 3.36. The lowest BCUT2D eigenvalue weighted by Gasteiger charge is -2.02. The second kappa shape index (κ2) is 7.08. The van der Waals surface area contributed by atoms with Crippen LogP contribution in [-0.4, -0.2) is 22.6 Å². The van der Waals surface area contributed by atoms with Crippen LogP contribution in [-0.2, 0) is 6.54 Å². The zero-order valence-electron chi connectivity index (χ0n) is 14.3. The monoisotopic (exact) mass is 381 g/mol. The number of thiazole rings is 1. The van der Waals surface area contributed by atoms with Crippen LogP contribution >= 0.6 is 11.3 Å². The number of carbonyl (C=O) groups is 1. The molecule has 8 heteroatoms. The van der Waals surface area contributed by atoms with Gasteiger partial charge >= 0.3 is 0 Å². The van der Waals surface area contributed by atoms with Gasteiger partial charge in [0.2, 0.25) is 0 Å². The summed E-state index contributed by atoms with van der Waals surface area (Å²) in [5, 5.41) is 3.19. The standard InChI is InChI=1S/C19H15N3O4S/c1-25-13-5-4-6-15-17(13)20-19(27-15)21-18(24)14-9-8-12(26-14)11-22-10-3-2-7-16(22)23/h2-10H,11H2,1H3,(H,20,21,24). The van der Waals surface area contributed by atoms with Crippen LogP contribution in [0.15, 0.2) is 63.9 Å². The maximum Gasteiger partial charge on any atom is 0.293 e. The second-order valence-corrected chi connectivity index (χ2v) is 6.74. The van der Waals surface area contributed by atoms with E-state index in [-0.39, 0.29) is 17.9 Å². The Bertz CT molecular complexity index is 1170. The molecule has 27 heavy (non-hydrogen) atoms. The molecule has 0 aliphatic heterocycles. The Morgan fingerprint density at radius 1 is 1.22 bits per heavy atom. The maximum atomic E-state index is 12.4. The van der Waals surface area contributed by atoms with Gasteiger partial charge in [0.25, 0.3) is 11.5 Å². The Labute approximate surface area is 157 Å². The lowest BCUT2D eigenvalue weighted by Crippen LogP contribution is -2.18. The van der Waals surface area contributed by atoms with Crippen LogP contribution in [0.25, 0.3) is 10.2 Å². The topological polar surface area (TPSA) is 86.4 Å². The van der Waals surface area contributed by atoms with E-state index in [1.54, 1.807) is 37.6 Å². The van der Waals surface area contributed by atoms with Gasteiger partial charge in [-0.25, -0.2) is 4.98 Å². The van der Waals surface area contributed by atoms with Gasteiger partial charge in [-0.1, -0.05) is 23.5 Å². The van der Waals surface area contributed by atoms with Crippen LogP contribution in [0.5, 0.6) is 5.75 Å². The summed E-state index contributed by atoms with van der Waals surface area (Å²) in [6, 6.07) is 13.8. The molecule has 4 aromatic rings. The molecule has 3 aromatic heterocycles. The molecule has 4 rings (SSSR count). The maximum absolute atomic E-state index is 12.4. The molecule has 0 unspecified atom stereocenters. The first-order valence-corrected chi connectivity index (χ1v) is 8.95. The van der Waals surface area contributed by atoms with E-state index in [1.165, 1.54) is 22.0 Å². The molecule has 3 heterocycles. The van der Waals surface area contributed by atoms with Crippen molar-refractivity contribution in [1.82, 2.24) is 9.55 Å². The Morgan fingerprint density at radius 3 is 2.93 bits per heavy atom. The molecule has 136 valence electrons. The van der Waals surface area contributed by atoms with Gasteiger partial charge in [0.1, 0.15) is 17.0 Å². The van der Waals surface area contributed by atoms with Crippen molar-refractivity contribution in [3.63, 3.8) is 0 Å². The van der Waals surface area contributed by atoms with Crippen molar-refractivity contribution in [1.29, 1.82) is 0 Å². The second-order valence-electron chi connectivity index (χ2n) is 5.71. The van der Waals surface area contributed by atoms with Crippen LogP contribution < -0.4 is 15.6 Å². The molecule has 0 bridgehead atoms. The molecule has 0 saturated heterocycles. The van der Waals surface area contributed by atoms with Crippen molar-refractivity contribution in [3.05, 3.63) is 76.6 Å². The summed E-state index contributed by atoms with van der Waals surface area (Å²) in [5.74, 6) is 0.914. The number of fused-ring (bicyclic) bond motifs is 1. The highest BCUT2D eigenvalue weighted by Crippen LogP contribution is 2.32. The summed E-state index contributed by atoms with van der Waals surface area (Å²) in [6.07, 6.45) is 1.67. The fourth-order valence-corrected chi connectivity index (χ4v) is 3.52. The van der Waals surface area contributed by atoms with Crippen molar-refractivity contribution in [2.24, 2.45) is 0 Å². The largest absolute Gasteiger partial charge is 0.494 e. The molecule has 0 saturated carbocycles. The van der Waals surface area contributed by atoms with Crippen LogP contribution in [0.3, 0.4) is 0 Å². The first-order chi connectivity index (χ1) is 13.1. The van der Waals surface area contributed by atoms with Gasteiger partial charge in [0, 0.05) is 12.3 Å². The molecular weight excluding hydrogens is 366 g/mol. The van der Waals surface area contributed by atoms with Crippen molar-refractivity contribution in [2.75, 3.05) is 12.4 Å². The number of ether oxygens (including phenoxy) is 1. The van der Waals surface area contributed by atoms with Gasteiger partial charge in [0.05, 0.1) is 18.4 Å². The highest BCUT2D eigenvalue weighted by Gasteiger charge is 2.15. The number of hydrogen-bond acceptors (Lipinski definition) is 6. The zero-order valence-corrected chi connectivity index (χ0v) is 15.2. The van der Waals surface area contributed by atoms with Crippen LogP contribution in [0, 0.1) is 0 Å². The molecule has 0 radical (unpaired) electrons. The van der Waals surface area contributed by atoms with Gasteiger partial charge in [0.15, 0.2) is 10.9 Å². The van der Waals surface area contributed by atoms with E-state index in [2.05, 4.69) is 10.3 Å². The number of methoxy groups -OCH3 is 1. The lowest BCUT2D eigenvalue weighted by molar-refractivity contribution is 0.0994. The zero-order chi connectivity index (χ0) is 18.8. The van der Waals surface area contributed by atoms with E-state index < -0.39 is 5.91 Å². The summed E-state index contributed by atoms with van der Waals surface area (Å²) >= 11 is 1.35. The number of benzene rings is 1. The number of furan rings is 1. The Kier molecular flexibility index (Phi) is 4.47. The highest BCUT2D eigenvalue weighted by molar-refractivity contribution is 7.22. The van der Waals surface area contributed by atoms with Crippen molar-refractivity contribution in [2.45, 2.75) is 6.54 Å². The number of anilines is 1. The molecule has 0 aliphatic carbocycles. The minimum absolute atomic E-state index is 0.136. The first-order valence-electron chi connectivity index (χ1n) is 8.13. The van der Waals surface area contributed by atoms with E-state index in [0.717, 1.165) is 4.70 Å². The average Bonchev–Trinajstić information content (AvgIpc) is 3.29. The molecule has 1 N–H and O–H groups in total. The number of nitrogens with zero attached hydrogens (tertiary/aromatic N) is 2. The number of pyridine rings is 1. The van der Waals surface area contributed by atoms with Crippen LogP contribution in [0.1, 0.15) is 16.3 Å². The summed E-state index contributed by atoms with van der Waals surface area (Å²) in [5.41, 5.74) is 0.562. The minimum Gasteiger partial charge on any atom is -0.494 e. The van der Waals surface area contributed by atoms with Gasteiger partial charge < -0.3 is 13.7 Å². The van der Waals surface area contributed by atoms with E-state index in [4.69, 9.17) is 9.15 Å². The van der Waals surface area contributed by atoms with E-state index in [0.29, 0.717) is 22.2 Å². The quantitative estimate of drug-likeness (QED) is 0.573. The number of aromatic nitrogens is 2. The van der Waals surface area contributed by atoms with Crippen LogP contribution in [0.2, 0.25) is 0 Å². The third-order valence-electron chi connectivity index (χ3n) is 3.93. The highest BCUT2D eigenvalue weighted by atomic mass is 32.1. The summed E-state index contributed by atoms with van der Waals surface area (Å²) in [6.45, 7) is 0.255. The van der Waals surface area contributed by atoms with Crippen LogP contribution in [0.4, 0.5) is 5.13 Å².